The largest absolute Gasteiger partial charge is 0.389 e. The molecule has 1 fully saturated rings. The molecule has 1 aromatic heterocycles. The number of aliphatic hydroxyl groups is 1. The zero-order valence-corrected chi connectivity index (χ0v) is 14.9. The summed E-state index contributed by atoms with van der Waals surface area (Å²) in [5.41, 5.74) is 0. The number of carbonyl (C=O) groups excluding carboxylic acids is 1. The molecule has 2 heterocycles. The highest BCUT2D eigenvalue weighted by atomic mass is 32.2. The van der Waals surface area contributed by atoms with E-state index < -0.39 is 6.10 Å². The molecule has 2 atom stereocenters. The Morgan fingerprint density at radius 3 is 3.17 bits per heavy atom. The van der Waals surface area contributed by atoms with E-state index in [0.717, 1.165) is 42.5 Å². The number of hydrogen-bond acceptors (Lipinski definition) is 7. The minimum absolute atomic E-state index is 0.105. The van der Waals surface area contributed by atoms with Crippen LogP contribution >= 0.6 is 23.5 Å². The maximum atomic E-state index is 11.9. The third kappa shape index (κ3) is 6.15. The van der Waals surface area contributed by atoms with Crippen LogP contribution < -0.4 is 0 Å². The van der Waals surface area contributed by atoms with E-state index in [1.807, 2.05) is 29.7 Å². The molecule has 1 aliphatic heterocycles. The van der Waals surface area contributed by atoms with Gasteiger partial charge in [0.2, 0.25) is 0 Å². The molecule has 0 aliphatic carbocycles. The molecule has 128 valence electrons. The monoisotopic (exact) mass is 357 g/mol. The van der Waals surface area contributed by atoms with Gasteiger partial charge in [0, 0.05) is 24.5 Å². The van der Waals surface area contributed by atoms with Gasteiger partial charge < -0.3 is 10.0 Å². The average Bonchev–Trinajstić information content (AvgIpc) is 3.19. The summed E-state index contributed by atoms with van der Waals surface area (Å²) in [7, 11) is 0. The summed E-state index contributed by atoms with van der Waals surface area (Å²) in [6, 6.07) is 0.105. The Hall–Kier alpha value is -1.06. The van der Waals surface area contributed by atoms with Crippen molar-refractivity contribution >= 4 is 28.8 Å². The number of nitrogens with one attached hydrogen (secondary N) is 1. The molecule has 1 aromatic rings. The fourth-order valence-corrected chi connectivity index (χ4v) is 4.04. The van der Waals surface area contributed by atoms with Crippen LogP contribution in [0.3, 0.4) is 0 Å². The van der Waals surface area contributed by atoms with Crippen LogP contribution in [0.15, 0.2) is 12.2 Å². The first-order chi connectivity index (χ1) is 11.2. The number of H-pyrrole nitrogens is 1. The van der Waals surface area contributed by atoms with E-state index >= 15 is 0 Å². The normalized spacial score (nSPS) is 19.8. The van der Waals surface area contributed by atoms with Crippen LogP contribution in [0.4, 0.5) is 4.79 Å². The molecule has 0 unspecified atom stereocenters. The maximum absolute atomic E-state index is 11.9. The van der Waals surface area contributed by atoms with Gasteiger partial charge in [0.25, 0.3) is 5.24 Å². The zero-order chi connectivity index (χ0) is 16.5. The van der Waals surface area contributed by atoms with Crippen LogP contribution in [0.2, 0.25) is 0 Å². The lowest BCUT2D eigenvalue weighted by Crippen LogP contribution is -2.34. The second-order valence-electron chi connectivity index (χ2n) is 5.24. The summed E-state index contributed by atoms with van der Waals surface area (Å²) in [5.74, 6) is 3.45. The number of aromatic amines is 1. The number of rotatable bonds is 10. The zero-order valence-electron chi connectivity index (χ0n) is 13.2. The number of aliphatic hydroxyl groups excluding tert-OH is 1. The second kappa shape index (κ2) is 9.94. The summed E-state index contributed by atoms with van der Waals surface area (Å²) in [6.07, 6.45) is 5.86. The number of hydrogen-bond donors (Lipinski definition) is 2. The van der Waals surface area contributed by atoms with Gasteiger partial charge in [-0.1, -0.05) is 36.1 Å². The van der Waals surface area contributed by atoms with Crippen LogP contribution in [0.25, 0.3) is 0 Å². The van der Waals surface area contributed by atoms with Crippen LogP contribution in [-0.4, -0.2) is 71.8 Å². The van der Waals surface area contributed by atoms with Crippen molar-refractivity contribution in [1.82, 2.24) is 25.5 Å². The van der Waals surface area contributed by atoms with Crippen LogP contribution in [-0.2, 0) is 6.42 Å². The van der Waals surface area contributed by atoms with E-state index in [9.17, 15) is 9.90 Å². The van der Waals surface area contributed by atoms with Crippen molar-refractivity contribution in [3.05, 3.63) is 18.0 Å². The van der Waals surface area contributed by atoms with Crippen molar-refractivity contribution in [2.75, 3.05) is 23.8 Å². The van der Waals surface area contributed by atoms with Crippen molar-refractivity contribution in [3.8, 4) is 0 Å². The number of aromatic nitrogens is 4. The first-order valence-electron chi connectivity index (χ1n) is 7.80. The molecule has 0 aromatic carbocycles. The fourth-order valence-electron chi connectivity index (χ4n) is 2.16. The molecule has 23 heavy (non-hydrogen) atoms. The first-order valence-corrected chi connectivity index (χ1v) is 9.94. The van der Waals surface area contributed by atoms with Gasteiger partial charge in [0.1, 0.15) is 0 Å². The highest BCUT2D eigenvalue weighted by molar-refractivity contribution is 8.13. The quantitative estimate of drug-likeness (QED) is 0.486. The molecule has 0 saturated carbocycles. The van der Waals surface area contributed by atoms with Crippen LogP contribution in [0, 0.1) is 0 Å². The molecule has 1 aliphatic rings. The van der Waals surface area contributed by atoms with Gasteiger partial charge in [-0.15, -0.1) is 10.2 Å². The van der Waals surface area contributed by atoms with Crippen molar-refractivity contribution < 1.29 is 9.90 Å². The Bertz CT molecular complexity index is 497. The summed E-state index contributed by atoms with van der Waals surface area (Å²) < 4.78 is 0. The minimum atomic E-state index is -0.419. The van der Waals surface area contributed by atoms with Crippen molar-refractivity contribution in [2.45, 2.75) is 38.3 Å². The fraction of sp³-hybridized carbons (Fsp3) is 0.714. The lowest BCUT2D eigenvalue weighted by molar-refractivity contribution is 0.214. The molecule has 2 rings (SSSR count). The summed E-state index contributed by atoms with van der Waals surface area (Å²) in [4.78, 5) is 13.8. The van der Waals surface area contributed by atoms with Gasteiger partial charge in [0.15, 0.2) is 5.82 Å². The van der Waals surface area contributed by atoms with E-state index in [-0.39, 0.29) is 11.3 Å². The lowest BCUT2D eigenvalue weighted by Gasteiger charge is -2.21. The smallest absolute Gasteiger partial charge is 0.282 e. The lowest BCUT2D eigenvalue weighted by atomic mass is 10.2. The van der Waals surface area contributed by atoms with Crippen LogP contribution in [0.5, 0.6) is 0 Å². The Morgan fingerprint density at radius 2 is 2.43 bits per heavy atom. The Morgan fingerprint density at radius 1 is 1.57 bits per heavy atom. The van der Waals surface area contributed by atoms with Crippen LogP contribution in [0.1, 0.15) is 25.6 Å². The first kappa shape index (κ1) is 18.3. The molecular weight excluding hydrogens is 334 g/mol. The molecule has 9 heteroatoms. The third-order valence-corrected chi connectivity index (χ3v) is 5.58. The number of thioether (sulfide) groups is 2. The minimum Gasteiger partial charge on any atom is -0.389 e. The number of amides is 1. The van der Waals surface area contributed by atoms with Gasteiger partial charge in [-0.05, 0) is 18.6 Å². The Balaban J connectivity index is 1.64. The predicted octanol–water partition coefficient (Wildman–Crippen LogP) is 1.73. The Labute approximate surface area is 144 Å². The molecule has 0 spiro atoms. The number of nitrogens with zero attached hydrogens (tertiary/aromatic N) is 4. The van der Waals surface area contributed by atoms with E-state index in [1.54, 1.807) is 6.08 Å². The molecule has 0 radical (unpaired) electrons. The summed E-state index contributed by atoms with van der Waals surface area (Å²) in [6.45, 7) is 2.68. The summed E-state index contributed by atoms with van der Waals surface area (Å²) in [5, 5.41) is 23.6. The van der Waals surface area contributed by atoms with Gasteiger partial charge >= 0.3 is 0 Å². The van der Waals surface area contributed by atoms with Crippen molar-refractivity contribution in [1.29, 1.82) is 0 Å². The molecular formula is C14H23N5O2S2. The molecule has 2 N–H and O–H groups in total. The number of tetrazole rings is 1. The van der Waals surface area contributed by atoms with Gasteiger partial charge in [-0.3, -0.25) is 4.79 Å². The Kier molecular flexibility index (Phi) is 7.90. The second-order valence-corrected chi connectivity index (χ2v) is 7.44. The topological polar surface area (TPSA) is 95.0 Å². The average molecular weight is 358 g/mol. The van der Waals surface area contributed by atoms with E-state index in [0.29, 0.717) is 6.42 Å². The summed E-state index contributed by atoms with van der Waals surface area (Å²) >= 11 is 3.19. The van der Waals surface area contributed by atoms with Gasteiger partial charge in [0.05, 0.1) is 12.1 Å². The SMILES string of the molecule is CC[C@H](O)/C=C/[C@H]1CSC(=O)N1CCSCCCc1nn[nH]n1. The molecule has 1 amide bonds. The van der Waals surface area contributed by atoms with E-state index in [2.05, 4.69) is 20.6 Å². The highest BCUT2D eigenvalue weighted by Gasteiger charge is 2.29. The van der Waals surface area contributed by atoms with Crippen molar-refractivity contribution in [3.63, 3.8) is 0 Å². The van der Waals surface area contributed by atoms with E-state index in [4.69, 9.17) is 0 Å². The van der Waals surface area contributed by atoms with E-state index in [1.165, 1.54) is 11.8 Å². The molecule has 1 saturated heterocycles. The number of aryl methyl sites for hydroxylation is 1. The standard InChI is InChI=1S/C14H23N5O2S2/c1-2-12(20)6-5-11-10-23-14(21)19(11)7-9-22-8-3-4-13-15-17-18-16-13/h5-6,11-12,20H,2-4,7-10H2,1H3,(H,15,16,17,18)/b6-5+/t11-,12-/m0/s1. The van der Waals surface area contributed by atoms with Gasteiger partial charge in [-0.2, -0.15) is 17.0 Å². The van der Waals surface area contributed by atoms with Gasteiger partial charge in [-0.25, -0.2) is 0 Å². The predicted molar refractivity (Wildman–Crippen MR) is 93.6 cm³/mol. The molecule has 7 nitrogen and oxygen atoms in total. The maximum Gasteiger partial charge on any atom is 0.282 e. The van der Waals surface area contributed by atoms with Crippen molar-refractivity contribution in [2.24, 2.45) is 0 Å². The highest BCUT2D eigenvalue weighted by Crippen LogP contribution is 2.25. The third-order valence-electron chi connectivity index (χ3n) is 3.54. The molecule has 0 bridgehead atoms. The number of carbonyl (C=O) groups is 1.